The van der Waals surface area contributed by atoms with Crippen molar-refractivity contribution in [3.8, 4) is 0 Å². The topological polar surface area (TPSA) is 88.1 Å². The number of allylic oxidation sites excluding steroid dienone is 5. The van der Waals surface area contributed by atoms with Crippen LogP contribution in [-0.4, -0.2) is 41.8 Å². The van der Waals surface area contributed by atoms with Gasteiger partial charge in [0, 0.05) is 22.8 Å². The van der Waals surface area contributed by atoms with Crippen LogP contribution in [0.2, 0.25) is 0 Å². The SMILES string of the molecule is COC(=O)OCCC12C=C3C=CC(=N3)C=c3ccc([nH]3)=CC3=NC(=CC(=CC1)N2)C=C3. The fourth-order valence-corrected chi connectivity index (χ4v) is 3.95. The molecule has 0 radical (unpaired) electrons. The fourth-order valence-electron chi connectivity index (χ4n) is 3.95. The highest BCUT2D eigenvalue weighted by Gasteiger charge is 2.32. The summed E-state index contributed by atoms with van der Waals surface area (Å²) in [6.45, 7) is 0.232. The summed E-state index contributed by atoms with van der Waals surface area (Å²) in [7, 11) is 1.30. The highest BCUT2D eigenvalue weighted by Crippen LogP contribution is 2.30. The van der Waals surface area contributed by atoms with Crippen molar-refractivity contribution in [2.75, 3.05) is 13.7 Å². The van der Waals surface area contributed by atoms with Gasteiger partial charge in [-0.2, -0.15) is 0 Å². The van der Waals surface area contributed by atoms with Gasteiger partial charge in [-0.05, 0) is 67.2 Å². The summed E-state index contributed by atoms with van der Waals surface area (Å²) >= 11 is 0. The Morgan fingerprint density at radius 2 is 1.74 bits per heavy atom. The number of methoxy groups -OCH3 is 1. The molecule has 7 nitrogen and oxygen atoms in total. The Kier molecular flexibility index (Phi) is 4.78. The number of carbonyl (C=O) groups excluding carboxylic acids is 1. The summed E-state index contributed by atoms with van der Waals surface area (Å²) in [6.07, 6.45) is 18.9. The van der Waals surface area contributed by atoms with E-state index in [0.717, 1.165) is 45.6 Å². The van der Waals surface area contributed by atoms with Crippen LogP contribution < -0.4 is 16.0 Å². The summed E-state index contributed by atoms with van der Waals surface area (Å²) in [5.74, 6) is 0. The minimum Gasteiger partial charge on any atom is -0.438 e. The third kappa shape index (κ3) is 4.21. The molecule has 156 valence electrons. The lowest BCUT2D eigenvalue weighted by Gasteiger charge is -2.27. The van der Waals surface area contributed by atoms with Crippen molar-refractivity contribution >= 4 is 29.7 Å². The molecule has 1 aromatic rings. The van der Waals surface area contributed by atoms with E-state index in [1.165, 1.54) is 7.11 Å². The Balaban J connectivity index is 1.53. The minimum atomic E-state index is -0.680. The summed E-state index contributed by atoms with van der Waals surface area (Å²) in [5, 5.41) is 5.56. The van der Waals surface area contributed by atoms with Crippen LogP contribution >= 0.6 is 0 Å². The number of aliphatic imine (C=N–C) groups is 2. The molecular formula is C24H22N4O3. The first kappa shape index (κ1) is 19.1. The largest absolute Gasteiger partial charge is 0.507 e. The molecule has 2 N–H and O–H groups in total. The Hall–Kier alpha value is -3.87. The molecule has 0 spiro atoms. The van der Waals surface area contributed by atoms with Crippen molar-refractivity contribution in [2.24, 2.45) is 9.98 Å². The normalized spacial score (nSPS) is 22.9. The first-order valence-electron chi connectivity index (χ1n) is 10.1. The molecule has 0 aliphatic carbocycles. The van der Waals surface area contributed by atoms with E-state index in [-0.39, 0.29) is 6.61 Å². The van der Waals surface area contributed by atoms with Crippen LogP contribution in [0, 0.1) is 0 Å². The van der Waals surface area contributed by atoms with E-state index in [1.807, 2.05) is 54.7 Å². The third-order valence-corrected chi connectivity index (χ3v) is 5.45. The monoisotopic (exact) mass is 414 g/mol. The van der Waals surface area contributed by atoms with Gasteiger partial charge in [0.15, 0.2) is 0 Å². The Morgan fingerprint density at radius 3 is 2.48 bits per heavy atom. The molecule has 0 amide bonds. The number of hydrogen-bond donors (Lipinski definition) is 2. The standard InChI is InChI=1S/C24H22N4O3/c1-30-23(29)31-11-10-24-9-8-21(28-24)14-20-5-4-17(26-20)12-16-2-3-18(25-16)13-19-6-7-22(15-24)27-19/h2-8,12-15,25,28H,9-11H2,1H3. The molecule has 4 aliphatic heterocycles. The van der Waals surface area contributed by atoms with E-state index < -0.39 is 11.7 Å². The van der Waals surface area contributed by atoms with Crippen molar-refractivity contribution < 1.29 is 14.3 Å². The van der Waals surface area contributed by atoms with E-state index in [2.05, 4.69) is 27.2 Å². The zero-order chi connectivity index (χ0) is 21.3. The number of rotatable bonds is 3. The van der Waals surface area contributed by atoms with E-state index in [1.54, 1.807) is 0 Å². The second-order valence-electron chi connectivity index (χ2n) is 7.73. The second-order valence-corrected chi connectivity index (χ2v) is 7.73. The van der Waals surface area contributed by atoms with Gasteiger partial charge < -0.3 is 19.8 Å². The highest BCUT2D eigenvalue weighted by atomic mass is 16.7. The molecule has 4 aliphatic rings. The molecule has 8 bridgehead atoms. The lowest BCUT2D eigenvalue weighted by atomic mass is 9.92. The predicted molar refractivity (Wildman–Crippen MR) is 120 cm³/mol. The van der Waals surface area contributed by atoms with Crippen LogP contribution in [0.25, 0.3) is 12.2 Å². The number of hydrogen-bond acceptors (Lipinski definition) is 6. The van der Waals surface area contributed by atoms with Gasteiger partial charge in [-0.25, -0.2) is 14.8 Å². The molecule has 0 saturated carbocycles. The average Bonchev–Trinajstić information content (AvgIpc) is 3.53. The van der Waals surface area contributed by atoms with E-state index in [4.69, 9.17) is 14.7 Å². The van der Waals surface area contributed by atoms with Gasteiger partial charge in [-0.3, -0.25) is 0 Å². The number of H-pyrrole nitrogens is 1. The van der Waals surface area contributed by atoms with Crippen LogP contribution in [0.1, 0.15) is 12.8 Å². The first-order valence-corrected chi connectivity index (χ1v) is 10.1. The van der Waals surface area contributed by atoms with Gasteiger partial charge in [0.25, 0.3) is 0 Å². The summed E-state index contributed by atoms with van der Waals surface area (Å²) in [5.41, 5.74) is 4.07. The molecule has 0 aromatic carbocycles. The predicted octanol–water partition coefficient (Wildman–Crippen LogP) is 2.17. The van der Waals surface area contributed by atoms with Gasteiger partial charge in [-0.1, -0.05) is 6.08 Å². The van der Waals surface area contributed by atoms with Crippen LogP contribution in [-0.2, 0) is 9.47 Å². The quantitative estimate of drug-likeness (QED) is 0.742. The van der Waals surface area contributed by atoms with Crippen LogP contribution in [0.5, 0.6) is 0 Å². The summed E-state index contributed by atoms with van der Waals surface area (Å²) < 4.78 is 9.74. The van der Waals surface area contributed by atoms with Gasteiger partial charge in [0.05, 0.1) is 42.1 Å². The van der Waals surface area contributed by atoms with E-state index in [9.17, 15) is 4.79 Å². The minimum absolute atomic E-state index is 0.232. The van der Waals surface area contributed by atoms with E-state index >= 15 is 0 Å². The van der Waals surface area contributed by atoms with Crippen molar-refractivity contribution in [2.45, 2.75) is 18.4 Å². The number of nitrogens with zero attached hydrogens (tertiary/aromatic N) is 2. The molecule has 1 aromatic heterocycles. The maximum atomic E-state index is 11.4. The smallest absolute Gasteiger partial charge is 0.438 e. The molecule has 1 unspecified atom stereocenters. The maximum Gasteiger partial charge on any atom is 0.507 e. The fraction of sp³-hybridized carbons (Fsp3) is 0.208. The van der Waals surface area contributed by atoms with Crippen LogP contribution in [0.15, 0.2) is 81.7 Å². The molecule has 0 fully saturated rings. The molecule has 0 saturated heterocycles. The Morgan fingerprint density at radius 1 is 1.03 bits per heavy atom. The van der Waals surface area contributed by atoms with Crippen molar-refractivity contribution in [3.63, 3.8) is 0 Å². The van der Waals surface area contributed by atoms with Crippen LogP contribution in [0.3, 0.4) is 0 Å². The lowest BCUT2D eigenvalue weighted by molar-refractivity contribution is 0.0677. The number of fused-ring (bicyclic) bond motifs is 6. The van der Waals surface area contributed by atoms with Crippen molar-refractivity contribution in [1.29, 1.82) is 0 Å². The Bertz CT molecular complexity index is 1270. The average molecular weight is 414 g/mol. The lowest BCUT2D eigenvalue weighted by Crippen LogP contribution is -2.40. The molecule has 31 heavy (non-hydrogen) atoms. The summed E-state index contributed by atoms with van der Waals surface area (Å²) in [6, 6.07) is 4.05. The molecular weight excluding hydrogens is 392 g/mol. The summed E-state index contributed by atoms with van der Waals surface area (Å²) in [4.78, 5) is 24.2. The maximum absolute atomic E-state index is 11.4. The van der Waals surface area contributed by atoms with Crippen molar-refractivity contribution in [1.82, 2.24) is 10.3 Å². The number of nitrogens with one attached hydrogen (secondary N) is 2. The molecule has 7 heteroatoms. The van der Waals surface area contributed by atoms with E-state index in [0.29, 0.717) is 6.42 Å². The van der Waals surface area contributed by atoms with Crippen LogP contribution in [0.4, 0.5) is 4.79 Å². The highest BCUT2D eigenvalue weighted by molar-refractivity contribution is 6.20. The van der Waals surface area contributed by atoms with Gasteiger partial charge in [0.1, 0.15) is 0 Å². The Labute approximate surface area is 179 Å². The van der Waals surface area contributed by atoms with Crippen molar-refractivity contribution in [3.05, 3.63) is 82.5 Å². The molecule has 1 atom stereocenters. The van der Waals surface area contributed by atoms with Gasteiger partial charge >= 0.3 is 6.16 Å². The number of ether oxygens (including phenoxy) is 2. The number of carbonyl (C=O) groups is 1. The molecule has 5 heterocycles. The number of aromatic amines is 1. The number of aromatic nitrogens is 1. The molecule has 5 rings (SSSR count). The second kappa shape index (κ2) is 7.75. The van der Waals surface area contributed by atoms with Gasteiger partial charge in [-0.15, -0.1) is 0 Å². The third-order valence-electron chi connectivity index (χ3n) is 5.45. The zero-order valence-electron chi connectivity index (χ0n) is 17.1. The van der Waals surface area contributed by atoms with Gasteiger partial charge in [0.2, 0.25) is 0 Å². The zero-order valence-corrected chi connectivity index (χ0v) is 17.1. The first-order chi connectivity index (χ1) is 15.1.